The largest absolute Gasteiger partial charge is 0.488 e. The summed E-state index contributed by atoms with van der Waals surface area (Å²) in [6, 6.07) is 13.5. The van der Waals surface area contributed by atoms with E-state index < -0.39 is 0 Å². The van der Waals surface area contributed by atoms with Gasteiger partial charge in [0.2, 0.25) is 0 Å². The first-order valence-electron chi connectivity index (χ1n) is 8.24. The minimum absolute atomic E-state index is 0.0765. The van der Waals surface area contributed by atoms with Crippen LogP contribution in [0.3, 0.4) is 0 Å². The van der Waals surface area contributed by atoms with Gasteiger partial charge in [-0.2, -0.15) is 0 Å². The Morgan fingerprint density at radius 2 is 2.00 bits per heavy atom. The van der Waals surface area contributed by atoms with Crippen molar-refractivity contribution in [1.82, 2.24) is 5.32 Å². The van der Waals surface area contributed by atoms with E-state index in [2.05, 4.69) is 25.2 Å². The summed E-state index contributed by atoms with van der Waals surface area (Å²) >= 11 is 0. The average molecular weight is 325 g/mol. The zero-order valence-electron chi connectivity index (χ0n) is 14.4. The number of ether oxygens (including phenoxy) is 2. The first kappa shape index (κ1) is 16.4. The lowest BCUT2D eigenvalue weighted by molar-refractivity contribution is 0.0945. The van der Waals surface area contributed by atoms with Crippen molar-refractivity contribution in [3.8, 4) is 11.5 Å². The molecular formula is C20H23NO3. The maximum absolute atomic E-state index is 12.2. The van der Waals surface area contributed by atoms with E-state index in [9.17, 15) is 4.79 Å². The lowest BCUT2D eigenvalue weighted by Crippen LogP contribution is -2.28. The Kier molecular flexibility index (Phi) is 4.47. The second-order valence-corrected chi connectivity index (χ2v) is 6.70. The third kappa shape index (κ3) is 3.53. The topological polar surface area (TPSA) is 47.6 Å². The number of carbonyl (C=O) groups is 1. The summed E-state index contributed by atoms with van der Waals surface area (Å²) in [5.41, 5.74) is 2.64. The molecule has 0 bridgehead atoms. The molecule has 4 heteroatoms. The van der Waals surface area contributed by atoms with Crippen LogP contribution < -0.4 is 14.8 Å². The van der Waals surface area contributed by atoms with Gasteiger partial charge in [0.1, 0.15) is 12.2 Å². The smallest absolute Gasteiger partial charge is 0.251 e. The Balaban J connectivity index is 1.54. The molecule has 0 unspecified atom stereocenters. The molecule has 0 aromatic heterocycles. The van der Waals surface area contributed by atoms with E-state index in [0.29, 0.717) is 18.7 Å². The molecule has 0 spiro atoms. The molecule has 0 atom stereocenters. The predicted molar refractivity (Wildman–Crippen MR) is 93.9 cm³/mol. The molecule has 4 nitrogen and oxygen atoms in total. The first-order valence-corrected chi connectivity index (χ1v) is 8.24. The van der Waals surface area contributed by atoms with E-state index >= 15 is 0 Å². The summed E-state index contributed by atoms with van der Waals surface area (Å²) in [6.07, 6.45) is 0.879. The number of benzene rings is 2. The number of carbonyl (C=O) groups excluding carboxylic acids is 1. The van der Waals surface area contributed by atoms with Gasteiger partial charge < -0.3 is 14.8 Å². The Bertz CT molecular complexity index is 752. The van der Waals surface area contributed by atoms with Gasteiger partial charge in [-0.25, -0.2) is 0 Å². The van der Waals surface area contributed by atoms with Crippen LogP contribution in [0.2, 0.25) is 0 Å². The number of hydrogen-bond acceptors (Lipinski definition) is 3. The van der Waals surface area contributed by atoms with Crippen molar-refractivity contribution in [2.24, 2.45) is 0 Å². The summed E-state index contributed by atoms with van der Waals surface area (Å²) in [6.45, 7) is 6.91. The zero-order valence-corrected chi connectivity index (χ0v) is 14.4. The molecule has 24 heavy (non-hydrogen) atoms. The van der Waals surface area contributed by atoms with Crippen LogP contribution in [0.1, 0.15) is 35.3 Å². The highest BCUT2D eigenvalue weighted by molar-refractivity contribution is 5.95. The van der Waals surface area contributed by atoms with Crippen LogP contribution in [0, 0.1) is 6.92 Å². The fourth-order valence-corrected chi connectivity index (χ4v) is 2.95. The minimum Gasteiger partial charge on any atom is -0.488 e. The lowest BCUT2D eigenvalue weighted by atomic mass is 10.0. The Labute approximate surface area is 142 Å². The van der Waals surface area contributed by atoms with Gasteiger partial charge in [0.15, 0.2) is 11.5 Å². The molecule has 0 fully saturated rings. The van der Waals surface area contributed by atoms with Crippen molar-refractivity contribution < 1.29 is 14.3 Å². The summed E-state index contributed by atoms with van der Waals surface area (Å²) in [4.78, 5) is 12.2. The second-order valence-electron chi connectivity index (χ2n) is 6.70. The molecule has 0 saturated carbocycles. The fourth-order valence-electron chi connectivity index (χ4n) is 2.95. The van der Waals surface area contributed by atoms with Gasteiger partial charge in [-0.1, -0.05) is 30.3 Å². The summed E-state index contributed by atoms with van der Waals surface area (Å²) in [7, 11) is 0. The number of nitrogens with one attached hydrogen (secondary N) is 1. The predicted octanol–water partition coefficient (Wildman–Crippen LogP) is 3.52. The molecule has 3 rings (SSSR count). The summed E-state index contributed by atoms with van der Waals surface area (Å²) in [5, 5.41) is 2.89. The fraction of sp³-hybridized carbons (Fsp3) is 0.350. The van der Waals surface area contributed by atoms with Crippen LogP contribution in [0.5, 0.6) is 11.5 Å². The van der Waals surface area contributed by atoms with Crippen molar-refractivity contribution in [3.05, 3.63) is 59.2 Å². The van der Waals surface area contributed by atoms with E-state index in [1.54, 1.807) is 0 Å². The van der Waals surface area contributed by atoms with E-state index in [4.69, 9.17) is 9.47 Å². The summed E-state index contributed by atoms with van der Waals surface area (Å²) in [5.74, 6) is 1.49. The summed E-state index contributed by atoms with van der Waals surface area (Å²) < 4.78 is 11.8. The third-order valence-electron chi connectivity index (χ3n) is 4.09. The number of rotatable bonds is 5. The van der Waals surface area contributed by atoms with Gasteiger partial charge >= 0.3 is 0 Å². The molecule has 0 saturated heterocycles. The van der Waals surface area contributed by atoms with Gasteiger partial charge in [0, 0.05) is 17.5 Å². The van der Waals surface area contributed by atoms with Crippen molar-refractivity contribution in [3.63, 3.8) is 0 Å². The molecule has 126 valence electrons. The van der Waals surface area contributed by atoms with Gasteiger partial charge in [-0.3, -0.25) is 4.79 Å². The maximum Gasteiger partial charge on any atom is 0.251 e. The van der Waals surface area contributed by atoms with E-state index in [1.807, 2.05) is 43.3 Å². The quantitative estimate of drug-likeness (QED) is 0.856. The molecular weight excluding hydrogens is 302 g/mol. The Morgan fingerprint density at radius 3 is 2.79 bits per heavy atom. The first-order chi connectivity index (χ1) is 11.5. The van der Waals surface area contributed by atoms with Crippen LogP contribution in [0.15, 0.2) is 42.5 Å². The molecule has 1 N–H and O–H groups in total. The SMILES string of the molecule is Cc1ccccc1C(=O)NCCOc1cccc2c1OC(C)(C)C2. The van der Waals surface area contributed by atoms with E-state index in [1.165, 1.54) is 5.56 Å². The monoisotopic (exact) mass is 325 g/mol. The molecule has 1 aliphatic heterocycles. The van der Waals surface area contributed by atoms with Crippen LogP contribution in [0.4, 0.5) is 0 Å². The molecule has 0 radical (unpaired) electrons. The lowest BCUT2D eigenvalue weighted by Gasteiger charge is -2.18. The normalized spacial score (nSPS) is 14.6. The third-order valence-corrected chi connectivity index (χ3v) is 4.09. The minimum atomic E-state index is -0.194. The molecule has 1 amide bonds. The van der Waals surface area contributed by atoms with Crippen molar-refractivity contribution in [2.75, 3.05) is 13.2 Å². The number of hydrogen-bond donors (Lipinski definition) is 1. The highest BCUT2D eigenvalue weighted by atomic mass is 16.5. The van der Waals surface area contributed by atoms with Crippen LogP contribution in [-0.2, 0) is 6.42 Å². The van der Waals surface area contributed by atoms with E-state index in [0.717, 1.165) is 23.5 Å². The van der Waals surface area contributed by atoms with Crippen LogP contribution in [-0.4, -0.2) is 24.7 Å². The Morgan fingerprint density at radius 1 is 1.21 bits per heavy atom. The second kappa shape index (κ2) is 6.56. The zero-order chi connectivity index (χ0) is 17.2. The van der Waals surface area contributed by atoms with Crippen LogP contribution in [0.25, 0.3) is 0 Å². The van der Waals surface area contributed by atoms with Crippen molar-refractivity contribution in [2.45, 2.75) is 32.8 Å². The molecule has 2 aromatic rings. The standard InChI is InChI=1S/C20H23NO3/c1-14-7-4-5-9-16(14)19(22)21-11-12-23-17-10-6-8-15-13-20(2,3)24-18(15)17/h4-10H,11-13H2,1-3H3,(H,21,22). The maximum atomic E-state index is 12.2. The number of fused-ring (bicyclic) bond motifs is 1. The Hall–Kier alpha value is -2.49. The molecule has 1 aliphatic rings. The van der Waals surface area contributed by atoms with Crippen LogP contribution >= 0.6 is 0 Å². The van der Waals surface area contributed by atoms with Gasteiger partial charge in [-0.05, 0) is 38.5 Å². The number of para-hydroxylation sites is 1. The van der Waals surface area contributed by atoms with Crippen molar-refractivity contribution >= 4 is 5.91 Å². The van der Waals surface area contributed by atoms with Crippen molar-refractivity contribution in [1.29, 1.82) is 0 Å². The molecule has 2 aromatic carbocycles. The number of amides is 1. The van der Waals surface area contributed by atoms with Gasteiger partial charge in [0.05, 0.1) is 6.54 Å². The molecule has 1 heterocycles. The highest BCUT2D eigenvalue weighted by Gasteiger charge is 2.32. The van der Waals surface area contributed by atoms with Gasteiger partial charge in [-0.15, -0.1) is 0 Å². The number of aryl methyl sites for hydroxylation is 1. The van der Waals surface area contributed by atoms with Gasteiger partial charge in [0.25, 0.3) is 5.91 Å². The highest BCUT2D eigenvalue weighted by Crippen LogP contribution is 2.41. The van der Waals surface area contributed by atoms with E-state index in [-0.39, 0.29) is 11.5 Å². The average Bonchev–Trinajstić information content (AvgIpc) is 2.86. The molecule has 0 aliphatic carbocycles.